The Labute approximate surface area is 131 Å². The summed E-state index contributed by atoms with van der Waals surface area (Å²) in [6.45, 7) is 0. The van der Waals surface area contributed by atoms with E-state index in [-0.39, 0.29) is 5.57 Å². The monoisotopic (exact) mass is 296 g/mol. The average Bonchev–Trinajstić information content (AvgIpc) is 2.91. The number of hydrogen-bond donors (Lipinski definition) is 0. The molecule has 0 N–H and O–H groups in total. The zero-order chi connectivity index (χ0) is 16.0. The van der Waals surface area contributed by atoms with Crippen LogP contribution in [0.3, 0.4) is 0 Å². The van der Waals surface area contributed by atoms with Gasteiger partial charge < -0.3 is 5.21 Å². The molecule has 4 rings (SSSR count). The van der Waals surface area contributed by atoms with E-state index in [4.69, 9.17) is 0 Å². The molecular weight excluding hydrogens is 288 g/mol. The minimum Gasteiger partial charge on any atom is -0.618 e. The maximum atomic E-state index is 12.8. The Morgan fingerprint density at radius 1 is 0.957 bits per heavy atom. The van der Waals surface area contributed by atoms with Crippen LogP contribution in [-0.4, -0.2) is 4.98 Å². The lowest BCUT2D eigenvalue weighted by Gasteiger charge is -2.06. The minimum absolute atomic E-state index is 0.0426. The van der Waals surface area contributed by atoms with Crippen LogP contribution in [0.1, 0.15) is 11.3 Å². The second kappa shape index (κ2) is 4.66. The summed E-state index contributed by atoms with van der Waals surface area (Å²) >= 11 is 0. The molecule has 0 saturated heterocycles. The molecule has 0 spiro atoms. The van der Waals surface area contributed by atoms with E-state index in [1.54, 1.807) is 36.4 Å². The Hall–Kier alpha value is -3.70. The molecule has 0 aliphatic heterocycles. The molecule has 0 bridgehead atoms. The van der Waals surface area contributed by atoms with Gasteiger partial charge in [0.1, 0.15) is 28.9 Å². The number of para-hydroxylation sites is 2. The first-order chi connectivity index (χ1) is 11.3. The fraction of sp³-hybridized carbons (Fsp3) is 0. The van der Waals surface area contributed by atoms with Crippen molar-refractivity contribution in [2.75, 3.05) is 0 Å². The van der Waals surface area contributed by atoms with Gasteiger partial charge in [-0.2, -0.15) is 15.3 Å². The van der Waals surface area contributed by atoms with Crippen LogP contribution in [0.15, 0.2) is 54.1 Å². The molecule has 1 heterocycles. The smallest absolute Gasteiger partial charge is 0.251 e. The maximum Gasteiger partial charge on any atom is 0.251 e. The lowest BCUT2D eigenvalue weighted by atomic mass is 10.0. The average molecular weight is 296 g/mol. The van der Waals surface area contributed by atoms with Crippen LogP contribution < -0.4 is 4.73 Å². The highest BCUT2D eigenvalue weighted by molar-refractivity contribution is 6.01. The summed E-state index contributed by atoms with van der Waals surface area (Å²) in [5.41, 5.74) is 3.52. The van der Waals surface area contributed by atoms with E-state index in [0.29, 0.717) is 39.1 Å². The molecule has 3 aromatic rings. The summed E-state index contributed by atoms with van der Waals surface area (Å²) in [6, 6.07) is 18.1. The summed E-state index contributed by atoms with van der Waals surface area (Å²) in [5, 5.41) is 31.4. The standard InChI is InChI=1S/C18H8N4O/c19-9-11(10-20)16-12-5-1-2-6-13(12)18-17(16)21-14-7-3-4-8-15(14)22(18)23/h1-8H. The fourth-order valence-electron chi connectivity index (χ4n) is 2.96. The van der Waals surface area contributed by atoms with Crippen LogP contribution in [0.2, 0.25) is 0 Å². The number of allylic oxidation sites excluding steroid dienone is 1. The molecule has 2 aromatic carbocycles. The number of aromatic nitrogens is 2. The number of hydrogen-bond acceptors (Lipinski definition) is 4. The van der Waals surface area contributed by atoms with Crippen molar-refractivity contribution in [3.63, 3.8) is 0 Å². The van der Waals surface area contributed by atoms with Crippen LogP contribution in [0.4, 0.5) is 0 Å². The maximum absolute atomic E-state index is 12.8. The topological polar surface area (TPSA) is 87.4 Å². The fourth-order valence-corrected chi connectivity index (χ4v) is 2.96. The molecule has 5 nitrogen and oxygen atoms in total. The van der Waals surface area contributed by atoms with Crippen molar-refractivity contribution in [1.82, 2.24) is 4.98 Å². The van der Waals surface area contributed by atoms with E-state index in [1.807, 2.05) is 24.3 Å². The van der Waals surface area contributed by atoms with Gasteiger partial charge in [-0.3, -0.25) is 0 Å². The molecule has 0 fully saturated rings. The number of fused-ring (bicyclic) bond motifs is 4. The van der Waals surface area contributed by atoms with Gasteiger partial charge in [0.25, 0.3) is 5.69 Å². The first kappa shape index (κ1) is 13.0. The lowest BCUT2D eigenvalue weighted by molar-refractivity contribution is -0.565. The first-order valence-electron chi connectivity index (χ1n) is 6.93. The van der Waals surface area contributed by atoms with E-state index in [0.717, 1.165) is 4.73 Å². The Morgan fingerprint density at radius 2 is 1.61 bits per heavy atom. The second-order valence-corrected chi connectivity index (χ2v) is 5.11. The van der Waals surface area contributed by atoms with Crippen molar-refractivity contribution in [1.29, 1.82) is 10.5 Å². The minimum atomic E-state index is -0.0426. The van der Waals surface area contributed by atoms with E-state index in [1.165, 1.54) is 0 Å². The zero-order valence-corrected chi connectivity index (χ0v) is 11.8. The van der Waals surface area contributed by atoms with E-state index < -0.39 is 0 Å². The van der Waals surface area contributed by atoms with Crippen molar-refractivity contribution in [2.24, 2.45) is 0 Å². The van der Waals surface area contributed by atoms with Gasteiger partial charge in [-0.1, -0.05) is 30.3 Å². The molecule has 23 heavy (non-hydrogen) atoms. The number of rotatable bonds is 0. The molecule has 0 atom stereocenters. The van der Waals surface area contributed by atoms with Crippen LogP contribution in [0.5, 0.6) is 0 Å². The van der Waals surface area contributed by atoms with E-state index in [9.17, 15) is 15.7 Å². The Bertz CT molecular complexity index is 1080. The molecule has 0 amide bonds. The summed E-state index contributed by atoms with van der Waals surface area (Å²) < 4.78 is 0.829. The second-order valence-electron chi connectivity index (χ2n) is 5.11. The lowest BCUT2D eigenvalue weighted by Crippen LogP contribution is -2.31. The largest absolute Gasteiger partial charge is 0.618 e. The third kappa shape index (κ3) is 1.65. The van der Waals surface area contributed by atoms with Gasteiger partial charge in [-0.15, -0.1) is 0 Å². The van der Waals surface area contributed by atoms with Crippen LogP contribution >= 0.6 is 0 Å². The molecule has 106 valence electrons. The molecule has 5 heteroatoms. The number of nitrogens with zero attached hydrogens (tertiary/aromatic N) is 4. The Kier molecular flexibility index (Phi) is 2.63. The highest BCUT2D eigenvalue weighted by Crippen LogP contribution is 2.43. The van der Waals surface area contributed by atoms with Crippen LogP contribution in [0, 0.1) is 27.9 Å². The first-order valence-corrected chi connectivity index (χ1v) is 6.93. The normalized spacial score (nSPS) is 11.5. The predicted molar refractivity (Wildman–Crippen MR) is 83.4 cm³/mol. The summed E-state index contributed by atoms with van der Waals surface area (Å²) in [6.07, 6.45) is 0. The third-order valence-electron chi connectivity index (χ3n) is 3.92. The SMILES string of the molecule is N#CC(C#N)=C1c2ccccc2-c2c1nc1ccccc1[n+]2[O-]. The van der Waals surface area contributed by atoms with Gasteiger partial charge in [0.2, 0.25) is 5.52 Å². The molecule has 0 unspecified atom stereocenters. The van der Waals surface area contributed by atoms with Crippen molar-refractivity contribution < 1.29 is 4.73 Å². The van der Waals surface area contributed by atoms with Gasteiger partial charge in [0, 0.05) is 17.2 Å². The Morgan fingerprint density at radius 3 is 2.35 bits per heavy atom. The molecular formula is C18H8N4O. The van der Waals surface area contributed by atoms with Crippen molar-refractivity contribution in [3.05, 3.63) is 70.6 Å². The predicted octanol–water partition coefficient (Wildman–Crippen LogP) is 2.70. The number of benzene rings is 2. The third-order valence-corrected chi connectivity index (χ3v) is 3.92. The van der Waals surface area contributed by atoms with Gasteiger partial charge in [-0.05, 0) is 12.1 Å². The summed E-state index contributed by atoms with van der Waals surface area (Å²) in [4.78, 5) is 4.55. The van der Waals surface area contributed by atoms with Gasteiger partial charge in [0.05, 0.1) is 5.56 Å². The van der Waals surface area contributed by atoms with Gasteiger partial charge in [-0.25, -0.2) is 4.98 Å². The summed E-state index contributed by atoms with van der Waals surface area (Å²) in [5.74, 6) is 0. The molecule has 0 saturated carbocycles. The van der Waals surface area contributed by atoms with E-state index in [2.05, 4.69) is 4.98 Å². The van der Waals surface area contributed by atoms with Crippen LogP contribution in [0.25, 0.3) is 27.9 Å². The summed E-state index contributed by atoms with van der Waals surface area (Å²) in [7, 11) is 0. The highest BCUT2D eigenvalue weighted by Gasteiger charge is 2.35. The van der Waals surface area contributed by atoms with Crippen molar-refractivity contribution in [2.45, 2.75) is 0 Å². The van der Waals surface area contributed by atoms with E-state index >= 15 is 0 Å². The van der Waals surface area contributed by atoms with Crippen LogP contribution in [-0.2, 0) is 0 Å². The molecule has 1 aliphatic rings. The Balaban J connectivity index is 2.25. The quantitative estimate of drug-likeness (QED) is 0.283. The molecule has 0 radical (unpaired) electrons. The number of nitriles is 2. The van der Waals surface area contributed by atoms with Crippen molar-refractivity contribution >= 4 is 16.6 Å². The molecule has 1 aliphatic carbocycles. The highest BCUT2D eigenvalue weighted by atomic mass is 16.5. The molecule has 1 aromatic heterocycles. The van der Waals surface area contributed by atoms with Gasteiger partial charge in [0.15, 0.2) is 0 Å². The van der Waals surface area contributed by atoms with Crippen molar-refractivity contribution in [3.8, 4) is 23.4 Å². The zero-order valence-electron chi connectivity index (χ0n) is 11.8. The van der Waals surface area contributed by atoms with Gasteiger partial charge >= 0.3 is 0 Å².